The minimum Gasteiger partial charge on any atom is -0.367 e. The second kappa shape index (κ2) is 4.47. The van der Waals surface area contributed by atoms with Gasteiger partial charge >= 0.3 is 0 Å². The zero-order chi connectivity index (χ0) is 10.7. The minimum atomic E-state index is 0.512. The summed E-state index contributed by atoms with van der Waals surface area (Å²) in [5.41, 5.74) is 0. The van der Waals surface area contributed by atoms with Crippen molar-refractivity contribution in [2.75, 3.05) is 17.7 Å². The van der Waals surface area contributed by atoms with Crippen LogP contribution in [0, 0.1) is 5.92 Å². The zero-order valence-electron chi connectivity index (χ0n) is 9.33. The first-order valence-corrected chi connectivity index (χ1v) is 5.57. The van der Waals surface area contributed by atoms with Gasteiger partial charge in [-0.15, -0.1) is 0 Å². The third-order valence-electron chi connectivity index (χ3n) is 3.11. The largest absolute Gasteiger partial charge is 0.367 e. The van der Waals surface area contributed by atoms with E-state index < -0.39 is 0 Å². The molecular formula is C11H18N4. The van der Waals surface area contributed by atoms with Crippen LogP contribution in [-0.4, -0.2) is 23.1 Å². The molecule has 0 amide bonds. The molecule has 1 heterocycles. The molecule has 0 radical (unpaired) electrons. The standard InChI is InChI=1S/C11H18N4/c1-8(9-4-3-5-9)14-10-6-7-13-11(12-2)15-10/h6-9H,3-5H2,1-2H3,(H2,12,13,14,15). The third kappa shape index (κ3) is 2.37. The van der Waals surface area contributed by atoms with Gasteiger partial charge in [0.2, 0.25) is 5.95 Å². The van der Waals surface area contributed by atoms with Gasteiger partial charge < -0.3 is 10.6 Å². The Morgan fingerprint density at radius 1 is 1.47 bits per heavy atom. The summed E-state index contributed by atoms with van der Waals surface area (Å²) in [4.78, 5) is 8.42. The maximum Gasteiger partial charge on any atom is 0.224 e. The molecule has 1 fully saturated rings. The summed E-state index contributed by atoms with van der Waals surface area (Å²) in [6.45, 7) is 2.23. The monoisotopic (exact) mass is 206 g/mol. The molecular weight excluding hydrogens is 188 g/mol. The topological polar surface area (TPSA) is 49.8 Å². The average Bonchev–Trinajstić information content (AvgIpc) is 2.15. The lowest BCUT2D eigenvalue weighted by Crippen LogP contribution is -2.31. The molecule has 1 aliphatic carbocycles. The van der Waals surface area contributed by atoms with Crippen LogP contribution in [-0.2, 0) is 0 Å². The van der Waals surface area contributed by atoms with Gasteiger partial charge in [0.15, 0.2) is 0 Å². The highest BCUT2D eigenvalue weighted by Crippen LogP contribution is 2.30. The Bertz CT molecular complexity index is 322. The van der Waals surface area contributed by atoms with Gasteiger partial charge in [-0.2, -0.15) is 4.98 Å². The van der Waals surface area contributed by atoms with E-state index in [1.165, 1.54) is 19.3 Å². The highest BCUT2D eigenvalue weighted by Gasteiger charge is 2.23. The normalized spacial score (nSPS) is 18.0. The van der Waals surface area contributed by atoms with E-state index in [1.807, 2.05) is 13.1 Å². The summed E-state index contributed by atoms with van der Waals surface area (Å²) in [6.07, 6.45) is 5.84. The van der Waals surface area contributed by atoms with Crippen molar-refractivity contribution >= 4 is 11.8 Å². The van der Waals surface area contributed by atoms with Crippen LogP contribution in [0.3, 0.4) is 0 Å². The lowest BCUT2D eigenvalue weighted by molar-refractivity contribution is 0.285. The Labute approximate surface area is 90.5 Å². The van der Waals surface area contributed by atoms with Crippen molar-refractivity contribution in [2.24, 2.45) is 5.92 Å². The molecule has 1 unspecified atom stereocenters. The number of nitrogens with zero attached hydrogens (tertiary/aromatic N) is 2. The van der Waals surface area contributed by atoms with Crippen molar-refractivity contribution in [2.45, 2.75) is 32.2 Å². The number of nitrogens with one attached hydrogen (secondary N) is 2. The fraction of sp³-hybridized carbons (Fsp3) is 0.636. The van der Waals surface area contributed by atoms with Gasteiger partial charge in [-0.05, 0) is 31.7 Å². The van der Waals surface area contributed by atoms with Gasteiger partial charge in [0.1, 0.15) is 5.82 Å². The van der Waals surface area contributed by atoms with Gasteiger partial charge in [0.25, 0.3) is 0 Å². The second-order valence-corrected chi connectivity index (χ2v) is 4.14. The molecule has 0 saturated heterocycles. The lowest BCUT2D eigenvalue weighted by atomic mass is 9.80. The van der Waals surface area contributed by atoms with Crippen LogP contribution >= 0.6 is 0 Å². The molecule has 1 aromatic heterocycles. The molecule has 15 heavy (non-hydrogen) atoms. The number of hydrogen-bond acceptors (Lipinski definition) is 4. The van der Waals surface area contributed by atoms with Crippen molar-refractivity contribution < 1.29 is 0 Å². The van der Waals surface area contributed by atoms with Crippen LogP contribution in [0.1, 0.15) is 26.2 Å². The Hall–Kier alpha value is -1.32. The molecule has 1 atom stereocenters. The van der Waals surface area contributed by atoms with Crippen LogP contribution in [0.15, 0.2) is 12.3 Å². The van der Waals surface area contributed by atoms with Crippen LogP contribution in [0.4, 0.5) is 11.8 Å². The van der Waals surface area contributed by atoms with E-state index in [4.69, 9.17) is 0 Å². The van der Waals surface area contributed by atoms with Gasteiger partial charge in [-0.1, -0.05) is 6.42 Å². The molecule has 4 nitrogen and oxygen atoms in total. The summed E-state index contributed by atoms with van der Waals surface area (Å²) in [5.74, 6) is 2.40. The number of rotatable bonds is 4. The maximum atomic E-state index is 4.34. The predicted molar refractivity (Wildman–Crippen MR) is 62.0 cm³/mol. The summed E-state index contributed by atoms with van der Waals surface area (Å²) >= 11 is 0. The molecule has 2 N–H and O–H groups in total. The van der Waals surface area contributed by atoms with Crippen molar-refractivity contribution in [1.29, 1.82) is 0 Å². The van der Waals surface area contributed by atoms with Crippen LogP contribution < -0.4 is 10.6 Å². The van der Waals surface area contributed by atoms with Crippen LogP contribution in [0.5, 0.6) is 0 Å². The highest BCUT2D eigenvalue weighted by molar-refractivity contribution is 5.40. The van der Waals surface area contributed by atoms with Crippen LogP contribution in [0.25, 0.3) is 0 Å². The first kappa shape index (κ1) is 10.2. The molecule has 4 heteroatoms. The van der Waals surface area contributed by atoms with E-state index in [2.05, 4.69) is 27.5 Å². The van der Waals surface area contributed by atoms with E-state index >= 15 is 0 Å². The molecule has 2 rings (SSSR count). The van der Waals surface area contributed by atoms with Gasteiger partial charge in [-0.25, -0.2) is 4.98 Å². The fourth-order valence-electron chi connectivity index (χ4n) is 1.85. The number of hydrogen-bond donors (Lipinski definition) is 2. The van der Waals surface area contributed by atoms with Crippen molar-refractivity contribution in [1.82, 2.24) is 9.97 Å². The van der Waals surface area contributed by atoms with E-state index in [9.17, 15) is 0 Å². The average molecular weight is 206 g/mol. The van der Waals surface area contributed by atoms with Crippen molar-refractivity contribution in [3.05, 3.63) is 12.3 Å². The fourth-order valence-corrected chi connectivity index (χ4v) is 1.85. The van der Waals surface area contributed by atoms with E-state index in [0.29, 0.717) is 12.0 Å². The van der Waals surface area contributed by atoms with E-state index in [-0.39, 0.29) is 0 Å². The summed E-state index contributed by atoms with van der Waals surface area (Å²) < 4.78 is 0. The Morgan fingerprint density at radius 2 is 2.27 bits per heavy atom. The van der Waals surface area contributed by atoms with Gasteiger partial charge in [0.05, 0.1) is 0 Å². The zero-order valence-corrected chi connectivity index (χ0v) is 9.33. The van der Waals surface area contributed by atoms with Crippen molar-refractivity contribution in [3.63, 3.8) is 0 Å². The number of anilines is 2. The number of aromatic nitrogens is 2. The molecule has 0 spiro atoms. The summed E-state index contributed by atoms with van der Waals surface area (Å²) in [5, 5.41) is 6.36. The van der Waals surface area contributed by atoms with E-state index in [0.717, 1.165) is 11.7 Å². The Balaban J connectivity index is 1.96. The quantitative estimate of drug-likeness (QED) is 0.792. The van der Waals surface area contributed by atoms with E-state index in [1.54, 1.807) is 6.20 Å². The van der Waals surface area contributed by atoms with Gasteiger partial charge in [0, 0.05) is 19.3 Å². The first-order valence-electron chi connectivity index (χ1n) is 5.57. The highest BCUT2D eigenvalue weighted by atomic mass is 15.1. The smallest absolute Gasteiger partial charge is 0.224 e. The Morgan fingerprint density at radius 3 is 2.87 bits per heavy atom. The third-order valence-corrected chi connectivity index (χ3v) is 3.11. The lowest BCUT2D eigenvalue weighted by Gasteiger charge is -2.32. The molecule has 1 saturated carbocycles. The predicted octanol–water partition coefficient (Wildman–Crippen LogP) is 2.12. The summed E-state index contributed by atoms with van der Waals surface area (Å²) in [7, 11) is 1.83. The second-order valence-electron chi connectivity index (χ2n) is 4.14. The molecule has 1 aromatic rings. The molecule has 82 valence electrons. The first-order chi connectivity index (χ1) is 7.29. The van der Waals surface area contributed by atoms with Crippen molar-refractivity contribution in [3.8, 4) is 0 Å². The maximum absolute atomic E-state index is 4.34. The Kier molecular flexibility index (Phi) is 3.04. The SMILES string of the molecule is CNc1nccc(NC(C)C2CCC2)n1. The summed E-state index contributed by atoms with van der Waals surface area (Å²) in [6, 6.07) is 2.43. The molecule has 0 bridgehead atoms. The van der Waals surface area contributed by atoms with Gasteiger partial charge in [-0.3, -0.25) is 0 Å². The molecule has 0 aliphatic heterocycles. The molecule has 0 aromatic carbocycles. The van der Waals surface area contributed by atoms with Crippen LogP contribution in [0.2, 0.25) is 0 Å². The molecule has 1 aliphatic rings. The minimum absolute atomic E-state index is 0.512.